The van der Waals surface area contributed by atoms with Gasteiger partial charge in [0.05, 0.1) is 12.6 Å². The number of carbonyl (C=O) groups excluding carboxylic acids is 1. The molecule has 5 heteroatoms. The van der Waals surface area contributed by atoms with Crippen LogP contribution in [0.4, 0.5) is 0 Å². The van der Waals surface area contributed by atoms with Crippen molar-refractivity contribution in [3.63, 3.8) is 0 Å². The summed E-state index contributed by atoms with van der Waals surface area (Å²) < 4.78 is 5.07. The average Bonchev–Trinajstić information content (AvgIpc) is 2.28. The molecule has 1 aromatic carbocycles. The van der Waals surface area contributed by atoms with Gasteiger partial charge in [0.1, 0.15) is 10.9 Å². The summed E-state index contributed by atoms with van der Waals surface area (Å²) in [5.41, 5.74) is 0.631. The highest BCUT2D eigenvalue weighted by atomic mass is 35.5. The van der Waals surface area contributed by atoms with Crippen molar-refractivity contribution in [2.24, 2.45) is 0 Å². The number of rotatable bonds is 2. The van der Waals surface area contributed by atoms with E-state index in [2.05, 4.69) is 9.97 Å². The van der Waals surface area contributed by atoms with Gasteiger partial charge in [-0.3, -0.25) is 4.79 Å². The molecular formula is C11H9ClN2O2. The maximum Gasteiger partial charge on any atom is 0.197 e. The van der Waals surface area contributed by atoms with Crippen molar-refractivity contribution in [2.45, 2.75) is 6.92 Å². The summed E-state index contributed by atoms with van der Waals surface area (Å²) in [5, 5.41) is 0.931. The Morgan fingerprint density at radius 2 is 2.12 bits per heavy atom. The van der Waals surface area contributed by atoms with E-state index < -0.39 is 0 Å². The number of benzene rings is 1. The number of fused-ring (bicyclic) bond motifs is 1. The van der Waals surface area contributed by atoms with E-state index in [-0.39, 0.29) is 16.8 Å². The number of ketones is 1. The Bertz CT molecular complexity index is 569. The maximum atomic E-state index is 11.2. The second-order valence-corrected chi connectivity index (χ2v) is 3.64. The van der Waals surface area contributed by atoms with Crippen LogP contribution in [0.15, 0.2) is 18.2 Å². The molecule has 0 N–H and O–H groups in total. The molecule has 1 heterocycles. The highest BCUT2D eigenvalue weighted by Crippen LogP contribution is 2.24. The van der Waals surface area contributed by atoms with E-state index in [1.165, 1.54) is 6.92 Å². The van der Waals surface area contributed by atoms with Crippen LogP contribution in [0.1, 0.15) is 17.5 Å². The Kier molecular flexibility index (Phi) is 2.75. The van der Waals surface area contributed by atoms with Gasteiger partial charge >= 0.3 is 0 Å². The lowest BCUT2D eigenvalue weighted by atomic mass is 10.2. The lowest BCUT2D eigenvalue weighted by molar-refractivity contribution is 0.100. The van der Waals surface area contributed by atoms with Gasteiger partial charge in [-0.05, 0) is 18.2 Å². The van der Waals surface area contributed by atoms with E-state index in [0.717, 1.165) is 0 Å². The second-order valence-electron chi connectivity index (χ2n) is 3.28. The fourth-order valence-corrected chi connectivity index (χ4v) is 1.59. The Balaban J connectivity index is 2.71. The van der Waals surface area contributed by atoms with E-state index in [0.29, 0.717) is 16.7 Å². The fraction of sp³-hybridized carbons (Fsp3) is 0.182. The summed E-state index contributed by atoms with van der Waals surface area (Å²) in [4.78, 5) is 19.2. The number of Topliss-reactive ketones (excluding diaryl/α,β-unsaturated/α-hetero) is 1. The summed E-state index contributed by atoms with van der Waals surface area (Å²) in [5.74, 6) is 0.593. The SMILES string of the molecule is COc1ccc2nc(C(C)=O)nc(Cl)c2c1. The highest BCUT2D eigenvalue weighted by molar-refractivity contribution is 6.34. The molecule has 0 amide bonds. The van der Waals surface area contributed by atoms with Gasteiger partial charge < -0.3 is 4.74 Å². The highest BCUT2D eigenvalue weighted by Gasteiger charge is 2.09. The number of ether oxygens (including phenoxy) is 1. The Morgan fingerprint density at radius 1 is 1.38 bits per heavy atom. The maximum absolute atomic E-state index is 11.2. The van der Waals surface area contributed by atoms with Crippen molar-refractivity contribution in [1.29, 1.82) is 0 Å². The van der Waals surface area contributed by atoms with Gasteiger partial charge in [0.25, 0.3) is 0 Å². The van der Waals surface area contributed by atoms with Gasteiger partial charge in [0, 0.05) is 12.3 Å². The molecule has 0 bridgehead atoms. The van der Waals surface area contributed by atoms with Crippen LogP contribution in [0.3, 0.4) is 0 Å². The average molecular weight is 237 g/mol. The van der Waals surface area contributed by atoms with Crippen molar-refractivity contribution >= 4 is 28.3 Å². The van der Waals surface area contributed by atoms with Crippen molar-refractivity contribution in [3.05, 3.63) is 29.2 Å². The first-order valence-corrected chi connectivity index (χ1v) is 5.02. The minimum Gasteiger partial charge on any atom is -0.497 e. The Morgan fingerprint density at radius 3 is 2.75 bits per heavy atom. The molecule has 4 nitrogen and oxygen atoms in total. The third-order valence-corrected chi connectivity index (χ3v) is 2.46. The van der Waals surface area contributed by atoms with Crippen LogP contribution in [-0.2, 0) is 0 Å². The molecule has 16 heavy (non-hydrogen) atoms. The van der Waals surface area contributed by atoms with Gasteiger partial charge in [0.2, 0.25) is 0 Å². The third kappa shape index (κ3) is 1.84. The summed E-state index contributed by atoms with van der Waals surface area (Å²) in [6, 6.07) is 5.24. The van der Waals surface area contributed by atoms with Crippen LogP contribution in [0.25, 0.3) is 10.9 Å². The number of hydrogen-bond acceptors (Lipinski definition) is 4. The molecule has 0 aliphatic heterocycles. The molecule has 1 aromatic heterocycles. The van der Waals surface area contributed by atoms with Crippen molar-refractivity contribution in [1.82, 2.24) is 9.97 Å². The van der Waals surface area contributed by atoms with Gasteiger partial charge in [-0.25, -0.2) is 9.97 Å². The number of aromatic nitrogens is 2. The van der Waals surface area contributed by atoms with Crippen LogP contribution in [0.5, 0.6) is 5.75 Å². The molecule has 2 aromatic rings. The van der Waals surface area contributed by atoms with E-state index in [1.54, 1.807) is 25.3 Å². The van der Waals surface area contributed by atoms with Crippen LogP contribution in [-0.4, -0.2) is 22.9 Å². The Hall–Kier alpha value is -1.68. The molecule has 0 radical (unpaired) electrons. The minimum absolute atomic E-state index is 0.127. The fourth-order valence-electron chi connectivity index (χ4n) is 1.35. The number of methoxy groups -OCH3 is 1. The van der Waals surface area contributed by atoms with Crippen LogP contribution in [0.2, 0.25) is 5.15 Å². The number of carbonyl (C=O) groups is 1. The third-order valence-electron chi connectivity index (χ3n) is 2.17. The lowest BCUT2D eigenvalue weighted by Crippen LogP contribution is -2.01. The molecule has 0 aliphatic rings. The van der Waals surface area contributed by atoms with Gasteiger partial charge in [0.15, 0.2) is 11.6 Å². The summed E-state index contributed by atoms with van der Waals surface area (Å²) in [7, 11) is 1.57. The van der Waals surface area contributed by atoms with E-state index in [4.69, 9.17) is 16.3 Å². The molecule has 0 unspecified atom stereocenters. The predicted molar refractivity (Wildman–Crippen MR) is 61.1 cm³/mol. The van der Waals surface area contributed by atoms with Crippen LogP contribution >= 0.6 is 11.6 Å². The van der Waals surface area contributed by atoms with Crippen molar-refractivity contribution in [3.8, 4) is 5.75 Å². The second kappa shape index (κ2) is 4.06. The number of hydrogen-bond donors (Lipinski definition) is 0. The molecule has 0 saturated carbocycles. The molecule has 0 aliphatic carbocycles. The molecule has 82 valence electrons. The van der Waals surface area contributed by atoms with Crippen molar-refractivity contribution < 1.29 is 9.53 Å². The zero-order chi connectivity index (χ0) is 11.7. The monoisotopic (exact) mass is 236 g/mol. The van der Waals surface area contributed by atoms with E-state index >= 15 is 0 Å². The van der Waals surface area contributed by atoms with Gasteiger partial charge in [-0.15, -0.1) is 0 Å². The lowest BCUT2D eigenvalue weighted by Gasteiger charge is -2.04. The predicted octanol–water partition coefficient (Wildman–Crippen LogP) is 2.49. The number of nitrogens with zero attached hydrogens (tertiary/aromatic N) is 2. The molecule has 0 spiro atoms. The summed E-state index contributed by atoms with van der Waals surface area (Å²) in [6.07, 6.45) is 0. The van der Waals surface area contributed by atoms with Crippen LogP contribution in [0, 0.1) is 0 Å². The quantitative estimate of drug-likeness (QED) is 0.594. The van der Waals surface area contributed by atoms with E-state index in [1.807, 2.05) is 0 Å². The molecular weight excluding hydrogens is 228 g/mol. The van der Waals surface area contributed by atoms with Crippen molar-refractivity contribution in [2.75, 3.05) is 7.11 Å². The molecule has 0 saturated heterocycles. The first-order chi connectivity index (χ1) is 7.61. The zero-order valence-corrected chi connectivity index (χ0v) is 9.58. The molecule has 0 fully saturated rings. The standard InChI is InChI=1S/C11H9ClN2O2/c1-6(15)11-13-9-4-3-7(16-2)5-8(9)10(12)14-11/h3-5H,1-2H3. The van der Waals surface area contributed by atoms with Gasteiger partial charge in [-0.2, -0.15) is 0 Å². The van der Waals surface area contributed by atoms with E-state index in [9.17, 15) is 4.79 Å². The topological polar surface area (TPSA) is 52.1 Å². The Labute approximate surface area is 97.2 Å². The molecule has 2 rings (SSSR count). The molecule has 0 atom stereocenters. The van der Waals surface area contributed by atoms with Crippen LogP contribution < -0.4 is 4.74 Å². The first-order valence-electron chi connectivity index (χ1n) is 4.64. The normalized spacial score (nSPS) is 10.4. The zero-order valence-electron chi connectivity index (χ0n) is 8.82. The first kappa shape index (κ1) is 10.8. The summed E-state index contributed by atoms with van der Waals surface area (Å²) >= 11 is 5.98. The minimum atomic E-state index is -0.209. The summed E-state index contributed by atoms with van der Waals surface area (Å²) in [6.45, 7) is 1.40. The van der Waals surface area contributed by atoms with Gasteiger partial charge in [-0.1, -0.05) is 11.6 Å². The largest absolute Gasteiger partial charge is 0.497 e. The smallest absolute Gasteiger partial charge is 0.197 e. The number of halogens is 1.